The minimum Gasteiger partial charge on any atom is -0.490 e. The van der Waals surface area contributed by atoms with Crippen molar-refractivity contribution in [3.05, 3.63) is 52.5 Å². The van der Waals surface area contributed by atoms with Gasteiger partial charge in [-0.15, -0.1) is 0 Å². The van der Waals surface area contributed by atoms with Gasteiger partial charge in [-0.25, -0.2) is 4.39 Å². The van der Waals surface area contributed by atoms with E-state index in [-0.39, 0.29) is 11.9 Å². The summed E-state index contributed by atoms with van der Waals surface area (Å²) in [5.74, 6) is 0.953. The van der Waals surface area contributed by atoms with E-state index in [1.165, 1.54) is 36.0 Å². The summed E-state index contributed by atoms with van der Waals surface area (Å²) in [7, 11) is 0. The lowest BCUT2D eigenvalue weighted by atomic mass is 9.86. The number of nitrogens with one attached hydrogen (secondary N) is 1. The standard InChI is InChI=1S/C21H22FNO.C8H14O2.C4H10O.C3H8/c1-4-14-12(2)10-19-16(7-8-23-19)20(14)17-11-18(22)21-15(13(17)3)6-5-9-24-21;1-7-3-2-4-8(5-7)10-6-9;1-4(2,3)5;1-3-2/h7-8,10-11,23H,4-6,9H2,1-3H3;6-8H,2-5H2,1H3;5H,1-3H3;3H2,1-2H3. The number of fused-ring (bicyclic) bond motifs is 2. The van der Waals surface area contributed by atoms with Crippen molar-refractivity contribution in [3.63, 3.8) is 0 Å². The number of H-pyrrole nitrogens is 1. The van der Waals surface area contributed by atoms with Crippen LogP contribution in [0.5, 0.6) is 5.75 Å². The van der Waals surface area contributed by atoms with Crippen LogP contribution in [-0.2, 0) is 22.4 Å². The maximum absolute atomic E-state index is 14.7. The molecule has 6 heteroatoms. The lowest BCUT2D eigenvalue weighted by Crippen LogP contribution is -2.20. The quantitative estimate of drug-likeness (QED) is 0.300. The number of ether oxygens (including phenoxy) is 2. The zero-order valence-electron chi connectivity index (χ0n) is 27.5. The van der Waals surface area contributed by atoms with Crippen LogP contribution < -0.4 is 4.74 Å². The minimum atomic E-state index is -0.500. The average molecular weight is 584 g/mol. The smallest absolute Gasteiger partial charge is 0.293 e. The number of benzene rings is 2. The lowest BCUT2D eigenvalue weighted by Gasteiger charge is -2.24. The topological polar surface area (TPSA) is 71.5 Å². The second kappa shape index (κ2) is 16.7. The Labute approximate surface area is 253 Å². The molecule has 0 saturated heterocycles. The van der Waals surface area contributed by atoms with Crippen molar-refractivity contribution in [2.45, 2.75) is 125 Å². The molecule has 2 aliphatic rings. The van der Waals surface area contributed by atoms with Gasteiger partial charge in [-0.1, -0.05) is 40.5 Å². The van der Waals surface area contributed by atoms with E-state index in [0.29, 0.717) is 18.8 Å². The first-order chi connectivity index (χ1) is 19.9. The lowest BCUT2D eigenvalue weighted by molar-refractivity contribution is -0.135. The number of carbonyl (C=O) groups excluding carboxylic acids is 1. The molecule has 0 spiro atoms. The Morgan fingerprint density at radius 1 is 1.14 bits per heavy atom. The van der Waals surface area contributed by atoms with E-state index < -0.39 is 5.60 Å². The molecule has 2 atom stereocenters. The molecule has 2 aromatic carbocycles. The molecule has 1 aliphatic heterocycles. The maximum Gasteiger partial charge on any atom is 0.293 e. The fourth-order valence-electron chi connectivity index (χ4n) is 5.64. The number of halogens is 1. The maximum atomic E-state index is 14.7. The van der Waals surface area contributed by atoms with Crippen LogP contribution in [0.2, 0.25) is 0 Å². The predicted octanol–water partition coefficient (Wildman–Crippen LogP) is 9.41. The van der Waals surface area contributed by atoms with Crippen molar-refractivity contribution >= 4 is 17.4 Å². The van der Waals surface area contributed by atoms with E-state index in [1.807, 2.05) is 6.20 Å². The molecule has 3 aromatic rings. The van der Waals surface area contributed by atoms with Crippen molar-refractivity contribution < 1.29 is 23.8 Å². The average Bonchev–Trinajstić information content (AvgIpc) is 3.38. The van der Waals surface area contributed by atoms with Crippen LogP contribution in [0.25, 0.3) is 22.0 Å². The second-order valence-electron chi connectivity index (χ2n) is 12.6. The van der Waals surface area contributed by atoms with Gasteiger partial charge in [-0.3, -0.25) is 4.79 Å². The molecule has 1 fully saturated rings. The molecule has 2 unspecified atom stereocenters. The Kier molecular flexibility index (Phi) is 14.0. The third-order valence-corrected chi connectivity index (χ3v) is 7.38. The first kappa shape index (κ1) is 35.3. The van der Waals surface area contributed by atoms with Gasteiger partial charge in [0.25, 0.3) is 6.47 Å². The van der Waals surface area contributed by atoms with Crippen molar-refractivity contribution in [2.75, 3.05) is 6.61 Å². The van der Waals surface area contributed by atoms with Crippen LogP contribution in [0.15, 0.2) is 24.4 Å². The van der Waals surface area contributed by atoms with Gasteiger partial charge in [-0.05, 0) is 125 Å². The van der Waals surface area contributed by atoms with Gasteiger partial charge in [-0.2, -0.15) is 0 Å². The summed E-state index contributed by atoms with van der Waals surface area (Å²) >= 11 is 0. The van der Waals surface area contributed by atoms with E-state index >= 15 is 0 Å². The molecule has 5 nitrogen and oxygen atoms in total. The summed E-state index contributed by atoms with van der Waals surface area (Å²) in [5.41, 5.74) is 7.49. The first-order valence-corrected chi connectivity index (χ1v) is 15.7. The first-order valence-electron chi connectivity index (χ1n) is 15.7. The highest BCUT2D eigenvalue weighted by Crippen LogP contribution is 2.41. The van der Waals surface area contributed by atoms with Gasteiger partial charge in [0.2, 0.25) is 0 Å². The summed E-state index contributed by atoms with van der Waals surface area (Å²) in [6.07, 6.45) is 10.8. The number of aromatic nitrogens is 1. The number of hydrogen-bond donors (Lipinski definition) is 2. The predicted molar refractivity (Wildman–Crippen MR) is 173 cm³/mol. The fraction of sp³-hybridized carbons (Fsp3) is 0.583. The van der Waals surface area contributed by atoms with Crippen molar-refractivity contribution in [2.24, 2.45) is 5.92 Å². The minimum absolute atomic E-state index is 0.209. The number of rotatable bonds is 4. The molecule has 0 bridgehead atoms. The molecule has 42 heavy (non-hydrogen) atoms. The summed E-state index contributed by atoms with van der Waals surface area (Å²) in [5, 5.41) is 9.68. The molecule has 0 radical (unpaired) electrons. The highest BCUT2D eigenvalue weighted by molar-refractivity contribution is 5.99. The van der Waals surface area contributed by atoms with E-state index in [1.54, 1.807) is 26.8 Å². The zero-order valence-corrected chi connectivity index (χ0v) is 27.5. The van der Waals surface area contributed by atoms with Crippen LogP contribution in [0.3, 0.4) is 0 Å². The zero-order chi connectivity index (χ0) is 31.4. The van der Waals surface area contributed by atoms with E-state index in [9.17, 15) is 9.18 Å². The summed E-state index contributed by atoms with van der Waals surface area (Å²) in [6, 6.07) is 5.95. The molecular formula is C36H54FNO4. The van der Waals surface area contributed by atoms with Crippen LogP contribution in [0, 0.1) is 25.6 Å². The van der Waals surface area contributed by atoms with Crippen LogP contribution >= 0.6 is 0 Å². The molecule has 234 valence electrons. The molecule has 2 heterocycles. The molecule has 5 rings (SSSR count). The SMILES string of the molecule is CC(C)(C)O.CC1CCCC(OC=O)C1.CCC.CCc1c(C)cc2[nH]ccc2c1-c1cc(F)c2c(c1C)CCCO2. The molecule has 1 aromatic heterocycles. The van der Waals surface area contributed by atoms with Crippen LogP contribution in [0.1, 0.15) is 109 Å². The van der Waals surface area contributed by atoms with Gasteiger partial charge in [0.05, 0.1) is 12.2 Å². The molecular weight excluding hydrogens is 529 g/mol. The van der Waals surface area contributed by atoms with Gasteiger partial charge in [0.15, 0.2) is 11.6 Å². The van der Waals surface area contributed by atoms with Gasteiger partial charge in [0.1, 0.15) is 6.10 Å². The largest absolute Gasteiger partial charge is 0.490 e. The highest BCUT2D eigenvalue weighted by Gasteiger charge is 2.23. The van der Waals surface area contributed by atoms with Crippen molar-refractivity contribution in [1.29, 1.82) is 0 Å². The Balaban J connectivity index is 0.000000283. The Morgan fingerprint density at radius 3 is 2.40 bits per heavy atom. The van der Waals surface area contributed by atoms with Crippen LogP contribution in [0.4, 0.5) is 4.39 Å². The fourth-order valence-corrected chi connectivity index (χ4v) is 5.64. The summed E-state index contributed by atoms with van der Waals surface area (Å²) in [6.45, 7) is 19.3. The Hall–Kier alpha value is -2.86. The van der Waals surface area contributed by atoms with E-state index in [0.717, 1.165) is 65.6 Å². The van der Waals surface area contributed by atoms with Gasteiger partial charge < -0.3 is 19.6 Å². The normalized spacial score (nSPS) is 17.7. The number of carbonyl (C=O) groups is 1. The number of aromatic amines is 1. The number of aryl methyl sites for hydroxylation is 1. The monoisotopic (exact) mass is 583 g/mol. The van der Waals surface area contributed by atoms with Gasteiger partial charge in [0, 0.05) is 22.7 Å². The Morgan fingerprint density at radius 2 is 1.81 bits per heavy atom. The number of aliphatic hydroxyl groups is 1. The summed E-state index contributed by atoms with van der Waals surface area (Å²) < 4.78 is 25.2. The van der Waals surface area contributed by atoms with Crippen molar-refractivity contribution in [1.82, 2.24) is 4.98 Å². The summed E-state index contributed by atoms with van der Waals surface area (Å²) in [4.78, 5) is 13.3. The van der Waals surface area contributed by atoms with Gasteiger partial charge >= 0.3 is 0 Å². The van der Waals surface area contributed by atoms with Crippen molar-refractivity contribution in [3.8, 4) is 16.9 Å². The highest BCUT2D eigenvalue weighted by atomic mass is 19.1. The van der Waals surface area contributed by atoms with E-state index in [2.05, 4.69) is 58.7 Å². The molecule has 2 N–H and O–H groups in total. The molecule has 0 amide bonds. The third-order valence-electron chi connectivity index (χ3n) is 7.38. The third kappa shape index (κ3) is 10.1. The van der Waals surface area contributed by atoms with E-state index in [4.69, 9.17) is 14.6 Å². The second-order valence-corrected chi connectivity index (χ2v) is 12.6. The number of hydrogen-bond acceptors (Lipinski definition) is 4. The molecule has 1 aliphatic carbocycles. The molecule has 1 saturated carbocycles. The van der Waals surface area contributed by atoms with Crippen LogP contribution in [-0.4, -0.2) is 34.9 Å². The Bertz CT molecular complexity index is 1270.